The van der Waals surface area contributed by atoms with E-state index in [1.165, 1.54) is 16.9 Å². The maximum atomic E-state index is 3.44. The van der Waals surface area contributed by atoms with Crippen LogP contribution in [0.2, 0.25) is 0 Å². The molecular weight excluding hydrogens is 160 g/mol. The Hall–Kier alpha value is -1.18. The number of fused-ring (bicyclic) bond motifs is 1. The van der Waals surface area contributed by atoms with Crippen LogP contribution < -0.4 is 10.2 Å². The van der Waals surface area contributed by atoms with Gasteiger partial charge in [-0.15, -0.1) is 0 Å². The van der Waals surface area contributed by atoms with E-state index in [0.717, 1.165) is 6.54 Å². The highest BCUT2D eigenvalue weighted by molar-refractivity contribution is 5.75. The van der Waals surface area contributed by atoms with Crippen molar-refractivity contribution in [1.29, 1.82) is 0 Å². The fourth-order valence-electron chi connectivity index (χ4n) is 1.88. The summed E-state index contributed by atoms with van der Waals surface area (Å²) in [4.78, 5) is 2.35. The molecule has 0 radical (unpaired) electrons. The minimum atomic E-state index is 0.577. The molecule has 1 unspecified atom stereocenters. The normalized spacial score (nSPS) is 20.8. The summed E-state index contributed by atoms with van der Waals surface area (Å²) in [5.41, 5.74) is 3.96. The first-order chi connectivity index (χ1) is 6.20. The lowest BCUT2D eigenvalue weighted by molar-refractivity contribution is 0.697. The van der Waals surface area contributed by atoms with Gasteiger partial charge in [0.1, 0.15) is 0 Å². The Balaban J connectivity index is 2.51. The summed E-state index contributed by atoms with van der Waals surface area (Å²) >= 11 is 0. The SMILES string of the molecule is Cc1cccc2c1N(C)C(C)CN2. The molecule has 0 aromatic heterocycles. The highest BCUT2D eigenvalue weighted by Crippen LogP contribution is 2.32. The van der Waals surface area contributed by atoms with E-state index in [9.17, 15) is 0 Å². The Kier molecular flexibility index (Phi) is 1.91. The molecule has 1 aliphatic heterocycles. The van der Waals surface area contributed by atoms with Gasteiger partial charge in [-0.05, 0) is 25.5 Å². The molecule has 1 aliphatic rings. The van der Waals surface area contributed by atoms with Crippen molar-refractivity contribution in [3.05, 3.63) is 23.8 Å². The molecule has 0 spiro atoms. The number of likely N-dealkylation sites (N-methyl/N-ethyl adjacent to an activating group) is 1. The van der Waals surface area contributed by atoms with E-state index < -0.39 is 0 Å². The summed E-state index contributed by atoms with van der Waals surface area (Å²) in [6.07, 6.45) is 0. The van der Waals surface area contributed by atoms with Gasteiger partial charge in [-0.2, -0.15) is 0 Å². The average molecular weight is 176 g/mol. The number of nitrogens with zero attached hydrogens (tertiary/aromatic N) is 1. The number of rotatable bonds is 0. The van der Waals surface area contributed by atoms with Crippen molar-refractivity contribution in [2.45, 2.75) is 19.9 Å². The maximum absolute atomic E-state index is 3.44. The molecule has 0 saturated heterocycles. The van der Waals surface area contributed by atoms with Gasteiger partial charge in [0.2, 0.25) is 0 Å². The van der Waals surface area contributed by atoms with Crippen LogP contribution in [0.3, 0.4) is 0 Å². The molecule has 0 saturated carbocycles. The van der Waals surface area contributed by atoms with E-state index in [1.807, 2.05) is 0 Å². The van der Waals surface area contributed by atoms with Crippen LogP contribution in [0.15, 0.2) is 18.2 Å². The molecule has 0 aliphatic carbocycles. The number of anilines is 2. The molecule has 0 amide bonds. The molecular formula is C11H16N2. The summed E-state index contributed by atoms with van der Waals surface area (Å²) in [6.45, 7) is 5.43. The van der Waals surface area contributed by atoms with Crippen molar-refractivity contribution in [2.75, 3.05) is 23.8 Å². The predicted molar refractivity (Wildman–Crippen MR) is 57.5 cm³/mol. The van der Waals surface area contributed by atoms with Crippen molar-refractivity contribution in [1.82, 2.24) is 0 Å². The molecule has 0 fully saturated rings. The number of nitrogens with one attached hydrogen (secondary N) is 1. The number of hydrogen-bond acceptors (Lipinski definition) is 2. The molecule has 2 rings (SSSR count). The number of hydrogen-bond donors (Lipinski definition) is 1. The minimum absolute atomic E-state index is 0.577. The topological polar surface area (TPSA) is 15.3 Å². The Labute approximate surface area is 79.6 Å². The molecule has 1 aromatic carbocycles. The Morgan fingerprint density at radius 2 is 2.23 bits per heavy atom. The first-order valence-electron chi connectivity index (χ1n) is 4.76. The Morgan fingerprint density at radius 1 is 1.46 bits per heavy atom. The average Bonchev–Trinajstić information content (AvgIpc) is 2.12. The monoisotopic (exact) mass is 176 g/mol. The number of aryl methyl sites for hydroxylation is 1. The van der Waals surface area contributed by atoms with Gasteiger partial charge in [-0.25, -0.2) is 0 Å². The summed E-state index contributed by atoms with van der Waals surface area (Å²) in [6, 6.07) is 6.98. The second-order valence-electron chi connectivity index (χ2n) is 3.81. The third-order valence-corrected chi connectivity index (χ3v) is 2.84. The highest BCUT2D eigenvalue weighted by Gasteiger charge is 2.20. The lowest BCUT2D eigenvalue weighted by Crippen LogP contribution is -2.39. The summed E-state index contributed by atoms with van der Waals surface area (Å²) in [5.74, 6) is 0. The zero-order valence-electron chi connectivity index (χ0n) is 8.46. The summed E-state index contributed by atoms with van der Waals surface area (Å²) in [7, 11) is 2.16. The first kappa shape index (κ1) is 8.42. The molecule has 1 heterocycles. The van der Waals surface area contributed by atoms with Crippen LogP contribution in [0.4, 0.5) is 11.4 Å². The van der Waals surface area contributed by atoms with Gasteiger partial charge in [-0.3, -0.25) is 0 Å². The fourth-order valence-corrected chi connectivity index (χ4v) is 1.88. The molecule has 13 heavy (non-hydrogen) atoms. The van der Waals surface area contributed by atoms with Crippen LogP contribution in [-0.2, 0) is 0 Å². The Morgan fingerprint density at radius 3 is 3.00 bits per heavy atom. The van der Waals surface area contributed by atoms with E-state index >= 15 is 0 Å². The van der Waals surface area contributed by atoms with E-state index in [2.05, 4.69) is 49.3 Å². The Bertz CT molecular complexity index is 320. The van der Waals surface area contributed by atoms with Crippen LogP contribution in [0.1, 0.15) is 12.5 Å². The largest absolute Gasteiger partial charge is 0.381 e. The third-order valence-electron chi connectivity index (χ3n) is 2.84. The van der Waals surface area contributed by atoms with Crippen LogP contribution in [0.25, 0.3) is 0 Å². The smallest absolute Gasteiger partial charge is 0.0632 e. The molecule has 1 aromatic rings. The second-order valence-corrected chi connectivity index (χ2v) is 3.81. The van der Waals surface area contributed by atoms with E-state index in [4.69, 9.17) is 0 Å². The molecule has 2 nitrogen and oxygen atoms in total. The van der Waals surface area contributed by atoms with Gasteiger partial charge >= 0.3 is 0 Å². The van der Waals surface area contributed by atoms with Crippen molar-refractivity contribution in [3.8, 4) is 0 Å². The molecule has 70 valence electrons. The number of para-hydroxylation sites is 1. The first-order valence-corrected chi connectivity index (χ1v) is 4.76. The van der Waals surface area contributed by atoms with Crippen LogP contribution in [0, 0.1) is 6.92 Å². The predicted octanol–water partition coefficient (Wildman–Crippen LogP) is 2.25. The standard InChI is InChI=1S/C11H16N2/c1-8-5-4-6-10-11(8)13(3)9(2)7-12-10/h4-6,9,12H,7H2,1-3H3. The van der Waals surface area contributed by atoms with E-state index in [0.29, 0.717) is 6.04 Å². The summed E-state index contributed by atoms with van der Waals surface area (Å²) in [5, 5.41) is 3.44. The third kappa shape index (κ3) is 1.26. The zero-order valence-corrected chi connectivity index (χ0v) is 8.46. The van der Waals surface area contributed by atoms with Gasteiger partial charge < -0.3 is 10.2 Å². The lowest BCUT2D eigenvalue weighted by Gasteiger charge is -2.35. The molecule has 2 heteroatoms. The van der Waals surface area contributed by atoms with Crippen LogP contribution in [-0.4, -0.2) is 19.6 Å². The van der Waals surface area contributed by atoms with E-state index in [1.54, 1.807) is 0 Å². The van der Waals surface area contributed by atoms with Crippen molar-refractivity contribution >= 4 is 11.4 Å². The lowest BCUT2D eigenvalue weighted by atomic mass is 10.1. The van der Waals surface area contributed by atoms with Crippen molar-refractivity contribution in [3.63, 3.8) is 0 Å². The minimum Gasteiger partial charge on any atom is -0.381 e. The molecule has 1 atom stereocenters. The van der Waals surface area contributed by atoms with Gasteiger partial charge in [0.15, 0.2) is 0 Å². The van der Waals surface area contributed by atoms with Gasteiger partial charge in [-0.1, -0.05) is 12.1 Å². The fraction of sp³-hybridized carbons (Fsp3) is 0.455. The maximum Gasteiger partial charge on any atom is 0.0632 e. The molecule has 0 bridgehead atoms. The van der Waals surface area contributed by atoms with Crippen molar-refractivity contribution < 1.29 is 0 Å². The van der Waals surface area contributed by atoms with Gasteiger partial charge in [0.25, 0.3) is 0 Å². The second kappa shape index (κ2) is 2.95. The van der Waals surface area contributed by atoms with Crippen molar-refractivity contribution in [2.24, 2.45) is 0 Å². The highest BCUT2D eigenvalue weighted by atomic mass is 15.2. The zero-order chi connectivity index (χ0) is 9.42. The summed E-state index contributed by atoms with van der Waals surface area (Å²) < 4.78 is 0. The number of benzene rings is 1. The quantitative estimate of drug-likeness (QED) is 0.652. The van der Waals surface area contributed by atoms with Crippen LogP contribution >= 0.6 is 0 Å². The van der Waals surface area contributed by atoms with Gasteiger partial charge in [0, 0.05) is 19.6 Å². The molecule has 1 N–H and O–H groups in total. The van der Waals surface area contributed by atoms with Gasteiger partial charge in [0.05, 0.1) is 11.4 Å². The van der Waals surface area contributed by atoms with Crippen LogP contribution in [0.5, 0.6) is 0 Å². The van der Waals surface area contributed by atoms with E-state index in [-0.39, 0.29) is 0 Å².